The van der Waals surface area contributed by atoms with Gasteiger partial charge in [-0.1, -0.05) is 46.9 Å². The maximum absolute atomic E-state index is 12.0. The first-order valence-corrected chi connectivity index (χ1v) is 7.38. The summed E-state index contributed by atoms with van der Waals surface area (Å²) in [5, 5.41) is 4.00. The van der Waals surface area contributed by atoms with Crippen molar-refractivity contribution in [2.75, 3.05) is 12.3 Å². The largest absolute Gasteiger partial charge is 0.397 e. The van der Waals surface area contributed by atoms with Crippen LogP contribution in [0.25, 0.3) is 0 Å². The molecule has 0 bridgehead atoms. The number of anilines is 1. The number of amides is 1. The molecule has 3 N–H and O–H groups in total. The molecule has 0 unspecified atom stereocenters. The van der Waals surface area contributed by atoms with Crippen molar-refractivity contribution in [2.24, 2.45) is 0 Å². The Hall–Kier alpha value is -1.42. The molecule has 0 heterocycles. The van der Waals surface area contributed by atoms with E-state index in [2.05, 4.69) is 5.32 Å². The minimum atomic E-state index is -0.248. The molecule has 3 nitrogen and oxygen atoms in total. The van der Waals surface area contributed by atoms with E-state index in [0.717, 1.165) is 5.56 Å². The van der Waals surface area contributed by atoms with E-state index < -0.39 is 0 Å². The first kappa shape index (κ1) is 16.0. The zero-order valence-corrected chi connectivity index (χ0v) is 13.3. The molecule has 21 heavy (non-hydrogen) atoms. The summed E-state index contributed by atoms with van der Waals surface area (Å²) in [6.45, 7) is 0.485. The van der Waals surface area contributed by atoms with Crippen LogP contribution in [0.1, 0.15) is 15.9 Å². The summed E-state index contributed by atoms with van der Waals surface area (Å²) < 4.78 is 0. The number of benzene rings is 2. The van der Waals surface area contributed by atoms with Gasteiger partial charge >= 0.3 is 0 Å². The Morgan fingerprint density at radius 3 is 2.57 bits per heavy atom. The van der Waals surface area contributed by atoms with Crippen LogP contribution in [0.15, 0.2) is 36.4 Å². The molecule has 0 aliphatic carbocycles. The second-order valence-electron chi connectivity index (χ2n) is 4.50. The first-order chi connectivity index (χ1) is 9.97. The number of nitrogen functional groups attached to an aromatic ring is 1. The fourth-order valence-corrected chi connectivity index (χ4v) is 2.40. The molecule has 2 aromatic rings. The van der Waals surface area contributed by atoms with Crippen LogP contribution in [-0.4, -0.2) is 12.5 Å². The van der Waals surface area contributed by atoms with Gasteiger partial charge in [0.05, 0.1) is 15.7 Å². The van der Waals surface area contributed by atoms with Crippen LogP contribution in [-0.2, 0) is 6.42 Å². The van der Waals surface area contributed by atoms with E-state index in [1.807, 2.05) is 24.3 Å². The number of carbonyl (C=O) groups excluding carboxylic acids is 1. The zero-order valence-electron chi connectivity index (χ0n) is 11.0. The number of hydrogen-bond acceptors (Lipinski definition) is 2. The molecule has 0 atom stereocenters. The summed E-state index contributed by atoms with van der Waals surface area (Å²) in [6, 6.07) is 10.5. The molecule has 0 fully saturated rings. The first-order valence-electron chi connectivity index (χ1n) is 6.24. The zero-order chi connectivity index (χ0) is 15.4. The number of hydrogen-bond donors (Lipinski definition) is 2. The van der Waals surface area contributed by atoms with Gasteiger partial charge in [0, 0.05) is 17.1 Å². The summed E-state index contributed by atoms with van der Waals surface area (Å²) in [5.74, 6) is -0.248. The SMILES string of the molecule is Nc1cc(C(=O)NCCc2cccc(Cl)c2)cc(Cl)c1Cl. The van der Waals surface area contributed by atoms with Crippen LogP contribution in [0.2, 0.25) is 15.1 Å². The average molecular weight is 344 g/mol. The second-order valence-corrected chi connectivity index (χ2v) is 5.72. The molecule has 1 amide bonds. The lowest BCUT2D eigenvalue weighted by Gasteiger charge is -2.08. The average Bonchev–Trinajstić information content (AvgIpc) is 2.44. The van der Waals surface area contributed by atoms with E-state index in [9.17, 15) is 4.79 Å². The normalized spacial score (nSPS) is 10.4. The van der Waals surface area contributed by atoms with Crippen molar-refractivity contribution >= 4 is 46.4 Å². The smallest absolute Gasteiger partial charge is 0.251 e. The number of carbonyl (C=O) groups is 1. The van der Waals surface area contributed by atoms with Crippen molar-refractivity contribution in [1.82, 2.24) is 5.32 Å². The molecule has 0 radical (unpaired) electrons. The predicted molar refractivity (Wildman–Crippen MR) is 88.4 cm³/mol. The van der Waals surface area contributed by atoms with Crippen LogP contribution in [0.3, 0.4) is 0 Å². The summed E-state index contributed by atoms with van der Waals surface area (Å²) in [6.07, 6.45) is 0.684. The maximum Gasteiger partial charge on any atom is 0.251 e. The van der Waals surface area contributed by atoms with Gasteiger partial charge in [0.15, 0.2) is 0 Å². The van der Waals surface area contributed by atoms with E-state index in [4.69, 9.17) is 40.5 Å². The Labute approximate surface area is 138 Å². The van der Waals surface area contributed by atoms with Crippen molar-refractivity contribution in [3.8, 4) is 0 Å². The summed E-state index contributed by atoms with van der Waals surface area (Å²) in [7, 11) is 0. The number of nitrogens with one attached hydrogen (secondary N) is 1. The lowest BCUT2D eigenvalue weighted by atomic mass is 10.1. The van der Waals surface area contributed by atoms with Gasteiger partial charge in [-0.2, -0.15) is 0 Å². The lowest BCUT2D eigenvalue weighted by molar-refractivity contribution is 0.0954. The van der Waals surface area contributed by atoms with Gasteiger partial charge in [-0.15, -0.1) is 0 Å². The molecule has 0 spiro atoms. The molecular formula is C15H13Cl3N2O. The van der Waals surface area contributed by atoms with Gasteiger partial charge < -0.3 is 11.1 Å². The molecule has 110 valence electrons. The molecule has 0 saturated heterocycles. The van der Waals surface area contributed by atoms with Gasteiger partial charge in [0.2, 0.25) is 0 Å². The summed E-state index contributed by atoms with van der Waals surface area (Å²) in [4.78, 5) is 12.0. The van der Waals surface area contributed by atoms with Crippen molar-refractivity contribution in [3.63, 3.8) is 0 Å². The fraction of sp³-hybridized carbons (Fsp3) is 0.133. The van der Waals surface area contributed by atoms with Gasteiger partial charge in [0.1, 0.15) is 0 Å². The molecule has 0 aromatic heterocycles. The third-order valence-electron chi connectivity index (χ3n) is 2.91. The molecular weight excluding hydrogens is 331 g/mol. The van der Waals surface area contributed by atoms with Crippen LogP contribution in [0.4, 0.5) is 5.69 Å². The van der Waals surface area contributed by atoms with E-state index in [0.29, 0.717) is 23.6 Å². The summed E-state index contributed by atoms with van der Waals surface area (Å²) >= 11 is 17.7. The van der Waals surface area contributed by atoms with E-state index >= 15 is 0 Å². The standard InChI is InChI=1S/C15H13Cl3N2O/c16-11-3-1-2-9(6-11)4-5-20-15(21)10-7-12(17)14(18)13(19)8-10/h1-3,6-8H,4-5,19H2,(H,20,21). The molecule has 2 aromatic carbocycles. The predicted octanol–water partition coefficient (Wildman–Crippen LogP) is 4.20. The van der Waals surface area contributed by atoms with Crippen molar-refractivity contribution in [3.05, 3.63) is 62.6 Å². The quantitative estimate of drug-likeness (QED) is 0.817. The highest BCUT2D eigenvalue weighted by Crippen LogP contribution is 2.29. The molecule has 0 aliphatic rings. The van der Waals surface area contributed by atoms with Crippen LogP contribution in [0.5, 0.6) is 0 Å². The molecule has 0 saturated carbocycles. The van der Waals surface area contributed by atoms with Gasteiger partial charge in [-0.3, -0.25) is 4.79 Å². The Morgan fingerprint density at radius 2 is 1.90 bits per heavy atom. The van der Waals surface area contributed by atoms with Crippen LogP contribution < -0.4 is 11.1 Å². The maximum atomic E-state index is 12.0. The highest BCUT2D eigenvalue weighted by Gasteiger charge is 2.10. The Balaban J connectivity index is 1.96. The topological polar surface area (TPSA) is 55.1 Å². The van der Waals surface area contributed by atoms with Gasteiger partial charge in [-0.25, -0.2) is 0 Å². The van der Waals surface area contributed by atoms with Gasteiger partial charge in [0.25, 0.3) is 5.91 Å². The second kappa shape index (κ2) is 7.03. The van der Waals surface area contributed by atoms with E-state index in [1.165, 1.54) is 12.1 Å². The highest BCUT2D eigenvalue weighted by molar-refractivity contribution is 6.43. The molecule has 2 rings (SSSR count). The number of halogens is 3. The van der Waals surface area contributed by atoms with Crippen molar-refractivity contribution in [1.29, 1.82) is 0 Å². The number of nitrogens with two attached hydrogens (primary N) is 1. The fourth-order valence-electron chi connectivity index (χ4n) is 1.86. The third-order valence-corrected chi connectivity index (χ3v) is 3.96. The Morgan fingerprint density at radius 1 is 1.14 bits per heavy atom. The van der Waals surface area contributed by atoms with Crippen LogP contribution >= 0.6 is 34.8 Å². The molecule has 6 heteroatoms. The minimum Gasteiger partial charge on any atom is -0.397 e. The summed E-state index contributed by atoms with van der Waals surface area (Å²) in [5.41, 5.74) is 7.40. The van der Waals surface area contributed by atoms with Crippen LogP contribution in [0, 0.1) is 0 Å². The van der Waals surface area contributed by atoms with E-state index in [-0.39, 0.29) is 21.6 Å². The highest BCUT2D eigenvalue weighted by atomic mass is 35.5. The van der Waals surface area contributed by atoms with Crippen molar-refractivity contribution in [2.45, 2.75) is 6.42 Å². The van der Waals surface area contributed by atoms with E-state index in [1.54, 1.807) is 0 Å². The van der Waals surface area contributed by atoms with Gasteiger partial charge in [-0.05, 0) is 36.2 Å². The van der Waals surface area contributed by atoms with Crippen molar-refractivity contribution < 1.29 is 4.79 Å². The lowest BCUT2D eigenvalue weighted by Crippen LogP contribution is -2.25. The minimum absolute atomic E-state index is 0.248. The molecule has 0 aliphatic heterocycles. The Kier molecular flexibility index (Phi) is 5.34. The number of rotatable bonds is 4. The third kappa shape index (κ3) is 4.27. The monoisotopic (exact) mass is 342 g/mol. The Bertz CT molecular complexity index is 651.